The summed E-state index contributed by atoms with van der Waals surface area (Å²) in [6, 6.07) is 17.2. The summed E-state index contributed by atoms with van der Waals surface area (Å²) in [4.78, 5) is 30.6. The van der Waals surface area contributed by atoms with Crippen molar-refractivity contribution >= 4 is 57.5 Å². The number of rotatable bonds is 5. The van der Waals surface area contributed by atoms with Crippen molar-refractivity contribution in [2.24, 2.45) is 0 Å². The number of aromatic nitrogens is 2. The molecule has 0 aliphatic heterocycles. The molecule has 0 bridgehead atoms. The van der Waals surface area contributed by atoms with Gasteiger partial charge in [0, 0.05) is 15.7 Å². The second-order valence-electron chi connectivity index (χ2n) is 6.94. The fourth-order valence-electron chi connectivity index (χ4n) is 3.09. The Morgan fingerprint density at radius 2 is 1.72 bits per heavy atom. The van der Waals surface area contributed by atoms with Gasteiger partial charge in [0.05, 0.1) is 21.8 Å². The normalized spacial score (nSPS) is 12.0. The first kappa shape index (κ1) is 22.3. The Bertz CT molecular complexity index is 1360. The highest BCUT2D eigenvalue weighted by atomic mass is 35.5. The fraction of sp³-hybridized carbons (Fsp3) is 0.0870. The number of halogens is 3. The number of nitrogens with one attached hydrogen (secondary N) is 1. The van der Waals surface area contributed by atoms with Crippen LogP contribution in [0.15, 0.2) is 76.7 Å². The van der Waals surface area contributed by atoms with Gasteiger partial charge < -0.3 is 5.32 Å². The number of para-hydroxylation sites is 1. The topological polar surface area (TPSA) is 64.0 Å². The molecule has 1 amide bonds. The third kappa shape index (κ3) is 4.80. The average molecular weight is 488 g/mol. The standard InChI is InChI=1S/C23H16Cl2FN3O2S/c1-13(21(30)27-17-11-14(24)10-15(25)12-17)32-23-28-20-5-3-2-4-19(20)22(31)29(23)18-8-6-16(26)7-9-18/h2-13H,1H3,(H,27,30). The molecule has 0 spiro atoms. The summed E-state index contributed by atoms with van der Waals surface area (Å²) in [5, 5.41) is 3.68. The van der Waals surface area contributed by atoms with Crippen LogP contribution in [0.3, 0.4) is 0 Å². The molecule has 1 unspecified atom stereocenters. The van der Waals surface area contributed by atoms with Gasteiger partial charge in [0.1, 0.15) is 5.82 Å². The lowest BCUT2D eigenvalue weighted by Gasteiger charge is -2.16. The summed E-state index contributed by atoms with van der Waals surface area (Å²) < 4.78 is 14.8. The third-order valence-electron chi connectivity index (χ3n) is 4.61. The van der Waals surface area contributed by atoms with Crippen molar-refractivity contribution in [2.75, 3.05) is 5.32 Å². The second-order valence-corrected chi connectivity index (χ2v) is 9.12. The van der Waals surface area contributed by atoms with Crippen LogP contribution in [-0.4, -0.2) is 20.7 Å². The number of benzene rings is 3. The van der Waals surface area contributed by atoms with Crippen LogP contribution in [0.5, 0.6) is 0 Å². The van der Waals surface area contributed by atoms with Crippen molar-refractivity contribution < 1.29 is 9.18 Å². The van der Waals surface area contributed by atoms with Crippen molar-refractivity contribution in [1.82, 2.24) is 9.55 Å². The Morgan fingerprint density at radius 3 is 2.41 bits per heavy atom. The molecule has 162 valence electrons. The number of hydrogen-bond acceptors (Lipinski definition) is 4. The monoisotopic (exact) mass is 487 g/mol. The molecule has 9 heteroatoms. The van der Waals surface area contributed by atoms with Gasteiger partial charge in [-0.1, -0.05) is 47.1 Å². The van der Waals surface area contributed by atoms with E-state index in [1.165, 1.54) is 28.8 Å². The van der Waals surface area contributed by atoms with Gasteiger partial charge in [0.25, 0.3) is 5.56 Å². The molecule has 4 rings (SSSR count). The van der Waals surface area contributed by atoms with E-state index in [1.54, 1.807) is 49.4 Å². The number of fused-ring (bicyclic) bond motifs is 1. The minimum atomic E-state index is -0.618. The summed E-state index contributed by atoms with van der Waals surface area (Å²) in [7, 11) is 0. The highest BCUT2D eigenvalue weighted by Crippen LogP contribution is 2.27. The van der Waals surface area contributed by atoms with Gasteiger partial charge in [-0.15, -0.1) is 0 Å². The first-order valence-corrected chi connectivity index (χ1v) is 11.2. The van der Waals surface area contributed by atoms with Crippen LogP contribution < -0.4 is 10.9 Å². The smallest absolute Gasteiger partial charge is 0.266 e. The van der Waals surface area contributed by atoms with Crippen molar-refractivity contribution in [3.8, 4) is 5.69 Å². The largest absolute Gasteiger partial charge is 0.325 e. The number of carbonyl (C=O) groups is 1. The third-order valence-corrected chi connectivity index (χ3v) is 6.10. The molecule has 1 aromatic heterocycles. The highest BCUT2D eigenvalue weighted by Gasteiger charge is 2.21. The molecule has 4 aromatic rings. The van der Waals surface area contributed by atoms with Crippen LogP contribution in [0, 0.1) is 5.82 Å². The zero-order chi connectivity index (χ0) is 22.8. The van der Waals surface area contributed by atoms with E-state index in [0.717, 1.165) is 11.8 Å². The van der Waals surface area contributed by atoms with Gasteiger partial charge in [-0.25, -0.2) is 9.37 Å². The van der Waals surface area contributed by atoms with Crippen molar-refractivity contribution in [1.29, 1.82) is 0 Å². The van der Waals surface area contributed by atoms with Crippen molar-refractivity contribution in [2.45, 2.75) is 17.3 Å². The van der Waals surface area contributed by atoms with E-state index in [2.05, 4.69) is 10.3 Å². The number of thioether (sulfide) groups is 1. The zero-order valence-corrected chi connectivity index (χ0v) is 19.0. The lowest BCUT2D eigenvalue weighted by Crippen LogP contribution is -2.26. The Morgan fingerprint density at radius 1 is 1.06 bits per heavy atom. The fourth-order valence-corrected chi connectivity index (χ4v) is 4.54. The average Bonchev–Trinajstić information content (AvgIpc) is 2.74. The molecular weight excluding hydrogens is 472 g/mol. The predicted octanol–water partition coefficient (Wildman–Crippen LogP) is 5.95. The van der Waals surface area contributed by atoms with E-state index in [-0.39, 0.29) is 11.5 Å². The molecule has 0 saturated carbocycles. The predicted molar refractivity (Wildman–Crippen MR) is 128 cm³/mol. The first-order chi connectivity index (χ1) is 15.3. The summed E-state index contributed by atoms with van der Waals surface area (Å²) in [5.74, 6) is -0.737. The Labute approximate surface area is 197 Å². The number of hydrogen-bond donors (Lipinski definition) is 1. The van der Waals surface area contributed by atoms with E-state index in [1.807, 2.05) is 0 Å². The summed E-state index contributed by atoms with van der Waals surface area (Å²) in [6.45, 7) is 1.70. The summed E-state index contributed by atoms with van der Waals surface area (Å²) in [6.07, 6.45) is 0. The SMILES string of the molecule is CC(Sc1nc2ccccc2c(=O)n1-c1ccc(F)cc1)C(=O)Nc1cc(Cl)cc(Cl)c1. The molecule has 0 saturated heterocycles. The van der Waals surface area contributed by atoms with Gasteiger partial charge in [0.15, 0.2) is 5.16 Å². The molecule has 1 N–H and O–H groups in total. The van der Waals surface area contributed by atoms with Crippen LogP contribution in [0.2, 0.25) is 10.0 Å². The van der Waals surface area contributed by atoms with E-state index in [9.17, 15) is 14.0 Å². The van der Waals surface area contributed by atoms with Crippen LogP contribution in [0.4, 0.5) is 10.1 Å². The molecule has 0 radical (unpaired) electrons. The Balaban J connectivity index is 1.71. The number of carbonyl (C=O) groups excluding carboxylic acids is 1. The quantitative estimate of drug-likeness (QED) is 0.279. The van der Waals surface area contributed by atoms with Gasteiger partial charge in [-0.2, -0.15) is 0 Å². The van der Waals surface area contributed by atoms with Gasteiger partial charge in [-0.05, 0) is 61.5 Å². The summed E-state index contributed by atoms with van der Waals surface area (Å²) in [5.41, 5.74) is 1.11. The number of anilines is 1. The number of amides is 1. The first-order valence-electron chi connectivity index (χ1n) is 9.53. The Kier molecular flexibility index (Phi) is 6.50. The molecule has 3 aromatic carbocycles. The van der Waals surface area contributed by atoms with Gasteiger partial charge >= 0.3 is 0 Å². The van der Waals surface area contributed by atoms with Crippen molar-refractivity contribution in [3.63, 3.8) is 0 Å². The second kappa shape index (κ2) is 9.32. The molecule has 0 aliphatic rings. The number of nitrogens with zero attached hydrogens (tertiary/aromatic N) is 2. The van der Waals surface area contributed by atoms with Crippen LogP contribution in [0.1, 0.15) is 6.92 Å². The molecule has 1 heterocycles. The minimum absolute atomic E-state index is 0.307. The van der Waals surface area contributed by atoms with Crippen molar-refractivity contribution in [3.05, 3.63) is 92.9 Å². The van der Waals surface area contributed by atoms with Gasteiger partial charge in [0.2, 0.25) is 5.91 Å². The minimum Gasteiger partial charge on any atom is -0.325 e. The van der Waals surface area contributed by atoms with Crippen LogP contribution in [-0.2, 0) is 4.79 Å². The lowest BCUT2D eigenvalue weighted by molar-refractivity contribution is -0.115. The van der Waals surface area contributed by atoms with Crippen LogP contribution >= 0.6 is 35.0 Å². The summed E-state index contributed by atoms with van der Waals surface area (Å²) >= 11 is 13.1. The maximum absolute atomic E-state index is 13.5. The molecule has 0 aliphatic carbocycles. The lowest BCUT2D eigenvalue weighted by atomic mass is 10.2. The maximum atomic E-state index is 13.5. The molecule has 32 heavy (non-hydrogen) atoms. The molecule has 1 atom stereocenters. The molecule has 0 fully saturated rings. The molecular formula is C23H16Cl2FN3O2S. The van der Waals surface area contributed by atoms with Gasteiger partial charge in [-0.3, -0.25) is 14.2 Å². The van der Waals surface area contributed by atoms with Crippen LogP contribution in [0.25, 0.3) is 16.6 Å². The van der Waals surface area contributed by atoms with E-state index in [4.69, 9.17) is 23.2 Å². The van der Waals surface area contributed by atoms with E-state index >= 15 is 0 Å². The van der Waals surface area contributed by atoms with E-state index in [0.29, 0.717) is 37.5 Å². The maximum Gasteiger partial charge on any atom is 0.266 e. The Hall–Kier alpha value is -2.87. The van der Waals surface area contributed by atoms with E-state index < -0.39 is 11.1 Å². The molecule has 5 nitrogen and oxygen atoms in total. The highest BCUT2D eigenvalue weighted by molar-refractivity contribution is 8.00. The zero-order valence-electron chi connectivity index (χ0n) is 16.7.